The molecule has 4 nitrogen and oxygen atoms in total. The smallest absolute Gasteiger partial charge is 0.267 e. The summed E-state index contributed by atoms with van der Waals surface area (Å²) in [5, 5.41) is 8.15. The lowest BCUT2D eigenvalue weighted by atomic mass is 10.0. The molecular formula is C20H42O4S. The summed E-state index contributed by atoms with van der Waals surface area (Å²) in [4.78, 5) is 0. The van der Waals surface area contributed by atoms with E-state index < -0.39 is 15.4 Å². The number of rotatable bonds is 19. The number of hydrogen-bond acceptors (Lipinski definition) is 3. The molecule has 0 rings (SSSR count). The van der Waals surface area contributed by atoms with Crippen LogP contribution in [0.2, 0.25) is 0 Å². The van der Waals surface area contributed by atoms with E-state index >= 15 is 0 Å². The number of aliphatic hydroxyl groups is 1. The molecular weight excluding hydrogens is 336 g/mol. The van der Waals surface area contributed by atoms with Gasteiger partial charge in [0.25, 0.3) is 10.1 Å². The van der Waals surface area contributed by atoms with Gasteiger partial charge in [0.1, 0.15) is 0 Å². The molecule has 0 bridgehead atoms. The summed E-state index contributed by atoms with van der Waals surface area (Å²) in [5.41, 5.74) is 0. The van der Waals surface area contributed by atoms with Gasteiger partial charge in [0, 0.05) is 6.61 Å². The summed E-state index contributed by atoms with van der Waals surface area (Å²) in [6.45, 7) is 2.37. The van der Waals surface area contributed by atoms with Crippen molar-refractivity contribution in [1.82, 2.24) is 0 Å². The fraction of sp³-hybridized carbons (Fsp3) is 1.00. The van der Waals surface area contributed by atoms with Crippen LogP contribution in [0.15, 0.2) is 0 Å². The third-order valence-corrected chi connectivity index (χ3v) is 6.30. The zero-order valence-electron chi connectivity index (χ0n) is 16.4. The maximum absolute atomic E-state index is 11.3. The van der Waals surface area contributed by atoms with Crippen LogP contribution in [0.25, 0.3) is 0 Å². The Bertz CT molecular complexity index is 368. The highest BCUT2D eigenvalue weighted by Crippen LogP contribution is 2.18. The highest BCUT2D eigenvalue weighted by molar-refractivity contribution is 7.86. The average molecular weight is 379 g/mol. The molecule has 0 spiro atoms. The molecule has 0 aliphatic carbocycles. The van der Waals surface area contributed by atoms with Gasteiger partial charge in [0.15, 0.2) is 0 Å². The predicted octanol–water partition coefficient (Wildman–Crippen LogP) is 5.89. The molecule has 2 N–H and O–H groups in total. The molecule has 0 heterocycles. The Morgan fingerprint density at radius 1 is 0.640 bits per heavy atom. The highest BCUT2D eigenvalue weighted by Gasteiger charge is 2.21. The van der Waals surface area contributed by atoms with Crippen molar-refractivity contribution >= 4 is 10.1 Å². The van der Waals surface area contributed by atoms with E-state index in [1.807, 2.05) is 6.92 Å². The van der Waals surface area contributed by atoms with Gasteiger partial charge in [-0.1, -0.05) is 96.8 Å². The molecule has 0 saturated heterocycles. The summed E-state index contributed by atoms with van der Waals surface area (Å²) in [6, 6.07) is 0. The molecule has 1 unspecified atom stereocenters. The average Bonchev–Trinajstić information content (AvgIpc) is 2.56. The van der Waals surface area contributed by atoms with Crippen molar-refractivity contribution < 1.29 is 18.1 Å². The van der Waals surface area contributed by atoms with E-state index in [4.69, 9.17) is 5.11 Å². The largest absolute Gasteiger partial charge is 0.396 e. The molecule has 1 atom stereocenters. The summed E-state index contributed by atoms with van der Waals surface area (Å²) in [7, 11) is -3.87. The SMILES string of the molecule is CCCCC(CCCCCCCCCCCCCCCO)S(=O)(=O)O. The van der Waals surface area contributed by atoms with Crippen LogP contribution in [0.3, 0.4) is 0 Å². The molecule has 0 fully saturated rings. The van der Waals surface area contributed by atoms with Crippen LogP contribution in [0, 0.1) is 0 Å². The monoisotopic (exact) mass is 378 g/mol. The maximum Gasteiger partial charge on any atom is 0.267 e. The second kappa shape index (κ2) is 17.3. The Kier molecular flexibility index (Phi) is 17.2. The Morgan fingerprint density at radius 2 is 1.00 bits per heavy atom. The van der Waals surface area contributed by atoms with E-state index in [2.05, 4.69) is 0 Å². The van der Waals surface area contributed by atoms with Gasteiger partial charge in [-0.3, -0.25) is 4.55 Å². The molecule has 5 heteroatoms. The zero-order chi connectivity index (χ0) is 18.8. The van der Waals surface area contributed by atoms with Crippen LogP contribution in [0.5, 0.6) is 0 Å². The van der Waals surface area contributed by atoms with Crippen molar-refractivity contribution in [3.05, 3.63) is 0 Å². The van der Waals surface area contributed by atoms with Crippen LogP contribution in [0.1, 0.15) is 116 Å². The molecule has 0 amide bonds. The van der Waals surface area contributed by atoms with Gasteiger partial charge in [-0.2, -0.15) is 8.42 Å². The predicted molar refractivity (Wildman–Crippen MR) is 107 cm³/mol. The first-order valence-corrected chi connectivity index (χ1v) is 12.1. The van der Waals surface area contributed by atoms with Crippen LogP contribution >= 0.6 is 0 Å². The molecule has 0 aliphatic rings. The lowest BCUT2D eigenvalue weighted by Crippen LogP contribution is -2.20. The van der Waals surface area contributed by atoms with E-state index in [0.29, 0.717) is 19.4 Å². The summed E-state index contributed by atoms with van der Waals surface area (Å²) in [5.74, 6) is 0. The molecule has 152 valence electrons. The Labute approximate surface area is 156 Å². The van der Waals surface area contributed by atoms with Crippen molar-refractivity contribution in [2.24, 2.45) is 0 Å². The molecule has 0 aromatic rings. The minimum atomic E-state index is -3.87. The van der Waals surface area contributed by atoms with Crippen LogP contribution in [0.4, 0.5) is 0 Å². The lowest BCUT2D eigenvalue weighted by molar-refractivity contribution is 0.282. The fourth-order valence-electron chi connectivity index (χ4n) is 3.30. The van der Waals surface area contributed by atoms with E-state index in [-0.39, 0.29) is 0 Å². The van der Waals surface area contributed by atoms with Gasteiger partial charge in [0.2, 0.25) is 0 Å². The van der Waals surface area contributed by atoms with E-state index in [1.165, 1.54) is 57.8 Å². The second-order valence-corrected chi connectivity index (χ2v) is 9.08. The van der Waals surface area contributed by atoms with Crippen molar-refractivity contribution in [2.45, 2.75) is 121 Å². The fourth-order valence-corrected chi connectivity index (χ4v) is 4.23. The highest BCUT2D eigenvalue weighted by atomic mass is 32.2. The third-order valence-electron chi connectivity index (χ3n) is 4.99. The number of unbranched alkanes of at least 4 members (excludes halogenated alkanes) is 13. The quantitative estimate of drug-likeness (QED) is 0.217. The van der Waals surface area contributed by atoms with Crippen LogP contribution in [-0.2, 0) is 10.1 Å². The molecule has 0 aliphatic heterocycles. The summed E-state index contributed by atoms with van der Waals surface area (Å²) in [6.07, 6.45) is 18.6. The molecule has 0 aromatic heterocycles. The van der Waals surface area contributed by atoms with Crippen molar-refractivity contribution in [2.75, 3.05) is 6.61 Å². The van der Waals surface area contributed by atoms with Gasteiger partial charge < -0.3 is 5.11 Å². The Hall–Kier alpha value is -0.130. The summed E-state index contributed by atoms with van der Waals surface area (Å²) >= 11 is 0. The van der Waals surface area contributed by atoms with E-state index in [1.54, 1.807) is 0 Å². The first kappa shape index (κ1) is 24.9. The van der Waals surface area contributed by atoms with Crippen molar-refractivity contribution in [3.8, 4) is 0 Å². The Morgan fingerprint density at radius 3 is 1.36 bits per heavy atom. The van der Waals surface area contributed by atoms with Gasteiger partial charge in [-0.05, 0) is 19.3 Å². The molecule has 0 aromatic carbocycles. The molecule has 0 radical (unpaired) electrons. The van der Waals surface area contributed by atoms with Crippen LogP contribution in [-0.4, -0.2) is 29.9 Å². The first-order valence-electron chi connectivity index (χ1n) is 10.6. The molecule has 25 heavy (non-hydrogen) atoms. The standard InChI is InChI=1S/C20H42O4S/c1-2-3-17-20(25(22,23)24)18-15-13-11-9-7-5-4-6-8-10-12-14-16-19-21/h20-21H,2-19H2,1H3,(H,22,23,24). The maximum atomic E-state index is 11.3. The van der Waals surface area contributed by atoms with Crippen LogP contribution < -0.4 is 0 Å². The van der Waals surface area contributed by atoms with Gasteiger partial charge in [-0.25, -0.2) is 0 Å². The summed E-state index contributed by atoms with van der Waals surface area (Å²) < 4.78 is 32.0. The number of aliphatic hydroxyl groups excluding tert-OH is 1. The van der Waals surface area contributed by atoms with Crippen molar-refractivity contribution in [1.29, 1.82) is 0 Å². The minimum Gasteiger partial charge on any atom is -0.396 e. The topological polar surface area (TPSA) is 74.6 Å². The normalized spacial score (nSPS) is 13.2. The van der Waals surface area contributed by atoms with E-state index in [9.17, 15) is 13.0 Å². The Balaban J connectivity index is 3.40. The van der Waals surface area contributed by atoms with Gasteiger partial charge >= 0.3 is 0 Å². The number of hydrogen-bond donors (Lipinski definition) is 2. The lowest BCUT2D eigenvalue weighted by Gasteiger charge is -2.13. The third kappa shape index (κ3) is 17.1. The van der Waals surface area contributed by atoms with Gasteiger partial charge in [-0.15, -0.1) is 0 Å². The van der Waals surface area contributed by atoms with Crippen molar-refractivity contribution in [3.63, 3.8) is 0 Å². The zero-order valence-corrected chi connectivity index (χ0v) is 17.2. The molecule has 0 saturated carbocycles. The minimum absolute atomic E-state index is 0.329. The second-order valence-electron chi connectivity index (χ2n) is 7.39. The van der Waals surface area contributed by atoms with Gasteiger partial charge in [0.05, 0.1) is 5.25 Å². The first-order chi connectivity index (χ1) is 12.0. The van der Waals surface area contributed by atoms with E-state index in [0.717, 1.165) is 38.5 Å².